The minimum Gasteiger partial charge on any atom is -0.465 e. The summed E-state index contributed by atoms with van der Waals surface area (Å²) in [5.74, 6) is 4.17. The average Bonchev–Trinajstić information content (AvgIpc) is 2.39. The lowest BCUT2D eigenvalue weighted by Crippen LogP contribution is -2.20. The van der Waals surface area contributed by atoms with Crippen LogP contribution in [-0.4, -0.2) is 25.5 Å². The number of benzene rings is 1. The lowest BCUT2D eigenvalue weighted by molar-refractivity contribution is -0.118. The van der Waals surface area contributed by atoms with Crippen LogP contribution in [0.5, 0.6) is 0 Å². The second kappa shape index (κ2) is 7.17. The molecule has 0 aliphatic heterocycles. The first kappa shape index (κ1) is 14.7. The molecule has 0 radical (unpaired) electrons. The Bertz CT molecular complexity index is 543. The van der Waals surface area contributed by atoms with E-state index in [1.165, 1.54) is 32.2 Å². The topological polar surface area (TPSA) is 55.4 Å². The summed E-state index contributed by atoms with van der Waals surface area (Å²) in [6.45, 7) is 1.81. The van der Waals surface area contributed by atoms with Crippen LogP contribution in [0.2, 0.25) is 0 Å². The molecule has 1 aromatic carbocycles. The van der Waals surface area contributed by atoms with E-state index < -0.39 is 11.8 Å². The zero-order valence-corrected chi connectivity index (χ0v) is 10.7. The number of halogens is 1. The molecule has 0 fully saturated rings. The maximum atomic E-state index is 13.5. The predicted octanol–water partition coefficient (Wildman–Crippen LogP) is 1.49. The molecule has 0 saturated heterocycles. The molecule has 0 heterocycles. The van der Waals surface area contributed by atoms with Crippen LogP contribution < -0.4 is 5.32 Å². The Kier molecular flexibility index (Phi) is 5.55. The minimum atomic E-state index is -0.540. The number of hydrogen-bond donors (Lipinski definition) is 1. The van der Waals surface area contributed by atoms with Crippen LogP contribution in [0.1, 0.15) is 29.3 Å². The maximum Gasteiger partial charge on any atom is 0.337 e. The number of nitrogens with one attached hydrogen (secondary N) is 1. The van der Waals surface area contributed by atoms with Crippen LogP contribution >= 0.6 is 0 Å². The summed E-state index contributed by atoms with van der Waals surface area (Å²) < 4.78 is 18.0. The van der Waals surface area contributed by atoms with Crippen LogP contribution in [0.15, 0.2) is 18.2 Å². The summed E-state index contributed by atoms with van der Waals surface area (Å²) in [4.78, 5) is 21.9. The molecule has 4 nitrogen and oxygen atoms in total. The van der Waals surface area contributed by atoms with Crippen molar-refractivity contribution in [1.82, 2.24) is 5.32 Å². The normalized spacial score (nSPS) is 9.21. The predicted molar refractivity (Wildman–Crippen MR) is 67.9 cm³/mol. The highest BCUT2D eigenvalue weighted by molar-refractivity contribution is 5.89. The Morgan fingerprint density at radius 3 is 2.79 bits per heavy atom. The largest absolute Gasteiger partial charge is 0.465 e. The number of methoxy groups -OCH3 is 1. The van der Waals surface area contributed by atoms with Gasteiger partial charge in [0.2, 0.25) is 5.91 Å². The molecule has 5 heteroatoms. The van der Waals surface area contributed by atoms with Gasteiger partial charge >= 0.3 is 5.97 Å². The van der Waals surface area contributed by atoms with E-state index >= 15 is 0 Å². The summed E-state index contributed by atoms with van der Waals surface area (Å²) in [6.07, 6.45) is 0.404. The Morgan fingerprint density at radius 2 is 2.16 bits per heavy atom. The number of esters is 1. The summed E-state index contributed by atoms with van der Waals surface area (Å²) in [6, 6.07) is 3.85. The maximum absolute atomic E-state index is 13.5. The second-order valence-corrected chi connectivity index (χ2v) is 3.72. The summed E-state index contributed by atoms with van der Waals surface area (Å²) >= 11 is 0. The van der Waals surface area contributed by atoms with Gasteiger partial charge < -0.3 is 10.1 Å². The van der Waals surface area contributed by atoms with Gasteiger partial charge in [-0.1, -0.05) is 11.8 Å². The third kappa shape index (κ3) is 4.80. The molecule has 0 spiro atoms. The highest BCUT2D eigenvalue weighted by Gasteiger charge is 2.08. The van der Waals surface area contributed by atoms with E-state index in [1.54, 1.807) is 0 Å². The number of carbonyl (C=O) groups excluding carboxylic acids is 2. The Balaban J connectivity index is 2.74. The summed E-state index contributed by atoms with van der Waals surface area (Å²) in [5, 5.41) is 2.58. The molecule has 1 amide bonds. The van der Waals surface area contributed by atoms with Gasteiger partial charge in [0.05, 0.1) is 18.2 Å². The van der Waals surface area contributed by atoms with Crippen molar-refractivity contribution in [2.24, 2.45) is 0 Å². The van der Waals surface area contributed by atoms with Crippen molar-refractivity contribution in [2.45, 2.75) is 13.3 Å². The van der Waals surface area contributed by atoms with Crippen LogP contribution in [0.3, 0.4) is 0 Å². The van der Waals surface area contributed by atoms with Gasteiger partial charge in [-0.25, -0.2) is 9.18 Å². The van der Waals surface area contributed by atoms with Crippen molar-refractivity contribution in [3.05, 3.63) is 35.1 Å². The molecule has 19 heavy (non-hydrogen) atoms. The first-order valence-electron chi connectivity index (χ1n) is 5.65. The van der Waals surface area contributed by atoms with E-state index in [9.17, 15) is 14.0 Å². The molecule has 0 aliphatic rings. The first-order valence-corrected chi connectivity index (χ1v) is 5.65. The molecule has 0 saturated carbocycles. The number of hydrogen-bond acceptors (Lipinski definition) is 3. The van der Waals surface area contributed by atoms with Gasteiger partial charge in [-0.2, -0.15) is 0 Å². The van der Waals surface area contributed by atoms with Crippen molar-refractivity contribution in [3.8, 4) is 11.8 Å². The lowest BCUT2D eigenvalue weighted by atomic mass is 10.1. The molecule has 1 aromatic rings. The quantitative estimate of drug-likeness (QED) is 0.510. The zero-order chi connectivity index (χ0) is 14.3. The SMILES string of the molecule is COC(=O)c1ccc(F)c(C#CCCNC(C)=O)c1. The molecule has 0 atom stereocenters. The van der Waals surface area contributed by atoms with Crippen LogP contribution in [0, 0.1) is 17.7 Å². The zero-order valence-electron chi connectivity index (χ0n) is 10.7. The van der Waals surface area contributed by atoms with Gasteiger partial charge in [0.15, 0.2) is 0 Å². The molecule has 0 aromatic heterocycles. The number of carbonyl (C=O) groups is 2. The van der Waals surface area contributed by atoms with E-state index in [1.807, 2.05) is 0 Å². The van der Waals surface area contributed by atoms with Gasteiger partial charge in [-0.15, -0.1) is 0 Å². The molecule has 1 rings (SSSR count). The van der Waals surface area contributed by atoms with E-state index in [-0.39, 0.29) is 17.0 Å². The number of ether oxygens (including phenoxy) is 1. The molecule has 0 bridgehead atoms. The lowest BCUT2D eigenvalue weighted by Gasteiger charge is -2.00. The van der Waals surface area contributed by atoms with Gasteiger partial charge in [-0.05, 0) is 18.2 Å². The summed E-state index contributed by atoms with van der Waals surface area (Å²) in [7, 11) is 1.25. The summed E-state index contributed by atoms with van der Waals surface area (Å²) in [5.41, 5.74) is 0.376. The van der Waals surface area contributed by atoms with Crippen molar-refractivity contribution in [1.29, 1.82) is 0 Å². The monoisotopic (exact) mass is 263 g/mol. The third-order valence-corrected chi connectivity index (χ3v) is 2.23. The second-order valence-electron chi connectivity index (χ2n) is 3.72. The van der Waals surface area contributed by atoms with Gasteiger partial charge in [-0.3, -0.25) is 4.79 Å². The molecule has 0 aliphatic carbocycles. The molecular formula is C14H14FNO3. The molecular weight excluding hydrogens is 249 g/mol. The Morgan fingerprint density at radius 1 is 1.42 bits per heavy atom. The Hall–Kier alpha value is -2.35. The van der Waals surface area contributed by atoms with Crippen molar-refractivity contribution >= 4 is 11.9 Å². The minimum absolute atomic E-state index is 0.130. The molecule has 100 valence electrons. The van der Waals surface area contributed by atoms with E-state index in [4.69, 9.17) is 0 Å². The fourth-order valence-electron chi connectivity index (χ4n) is 1.32. The van der Waals surface area contributed by atoms with Crippen molar-refractivity contribution in [2.75, 3.05) is 13.7 Å². The fourth-order valence-corrected chi connectivity index (χ4v) is 1.32. The smallest absolute Gasteiger partial charge is 0.337 e. The van der Waals surface area contributed by atoms with Gasteiger partial charge in [0, 0.05) is 19.9 Å². The van der Waals surface area contributed by atoms with Crippen molar-refractivity contribution < 1.29 is 18.7 Å². The molecule has 0 unspecified atom stereocenters. The standard InChI is InChI=1S/C14H14FNO3/c1-10(17)16-8-4-3-5-11-9-12(14(18)19-2)6-7-13(11)15/h6-7,9H,4,8H2,1-2H3,(H,16,17). The van der Waals surface area contributed by atoms with E-state index in [0.717, 1.165) is 0 Å². The van der Waals surface area contributed by atoms with Crippen LogP contribution in [-0.2, 0) is 9.53 Å². The average molecular weight is 263 g/mol. The Labute approximate surface area is 111 Å². The van der Waals surface area contributed by atoms with Crippen molar-refractivity contribution in [3.63, 3.8) is 0 Å². The molecule has 1 N–H and O–H groups in total. The fraction of sp³-hybridized carbons (Fsp3) is 0.286. The third-order valence-electron chi connectivity index (χ3n) is 2.23. The van der Waals surface area contributed by atoms with Gasteiger partial charge in [0.25, 0.3) is 0 Å². The van der Waals surface area contributed by atoms with E-state index in [0.29, 0.717) is 13.0 Å². The van der Waals surface area contributed by atoms with Gasteiger partial charge in [0.1, 0.15) is 5.82 Å². The highest BCUT2D eigenvalue weighted by Crippen LogP contribution is 2.10. The number of amides is 1. The van der Waals surface area contributed by atoms with Crippen LogP contribution in [0.4, 0.5) is 4.39 Å². The van der Waals surface area contributed by atoms with E-state index in [2.05, 4.69) is 21.9 Å². The first-order chi connectivity index (χ1) is 9.04. The number of rotatable bonds is 3. The van der Waals surface area contributed by atoms with Crippen LogP contribution in [0.25, 0.3) is 0 Å². The highest BCUT2D eigenvalue weighted by atomic mass is 19.1.